The molecule has 1 aromatic heterocycles. The van der Waals surface area contributed by atoms with Crippen LogP contribution >= 0.6 is 0 Å². The summed E-state index contributed by atoms with van der Waals surface area (Å²) in [4.78, 5) is 4.47. The third-order valence-corrected chi connectivity index (χ3v) is 3.57. The van der Waals surface area contributed by atoms with Gasteiger partial charge in [0.25, 0.3) is 0 Å². The number of hydrogen-bond donors (Lipinski definition) is 1. The Bertz CT molecular complexity index is 364. The van der Waals surface area contributed by atoms with Crippen LogP contribution in [-0.4, -0.2) is 62.4 Å². The summed E-state index contributed by atoms with van der Waals surface area (Å²) in [7, 11) is 6.16. The second-order valence-electron chi connectivity index (χ2n) is 5.09. The highest BCUT2D eigenvalue weighted by Crippen LogP contribution is 2.24. The molecular weight excluding hydrogens is 226 g/mol. The number of rotatable bonds is 5. The third kappa shape index (κ3) is 3.17. The normalized spacial score (nSPS) is 20.3. The Kier molecular flexibility index (Phi) is 4.49. The molecule has 2 rings (SSSR count). The molecule has 100 valence electrons. The molecule has 1 saturated heterocycles. The van der Waals surface area contributed by atoms with Gasteiger partial charge in [-0.2, -0.15) is 5.10 Å². The third-order valence-electron chi connectivity index (χ3n) is 3.57. The lowest BCUT2D eigenvalue weighted by Crippen LogP contribution is -2.28. The monoisotopic (exact) mass is 249 g/mol. The van der Waals surface area contributed by atoms with Gasteiger partial charge in [0.05, 0.1) is 5.69 Å². The summed E-state index contributed by atoms with van der Waals surface area (Å²) in [6, 6.07) is 4.21. The zero-order valence-electron chi connectivity index (χ0n) is 11.6. The Morgan fingerprint density at radius 2 is 2.28 bits per heavy atom. The Balaban J connectivity index is 1.96. The van der Waals surface area contributed by atoms with Gasteiger partial charge in [0, 0.05) is 32.6 Å². The number of likely N-dealkylation sites (tertiary alicyclic amines) is 1. The Morgan fingerprint density at radius 1 is 1.44 bits per heavy atom. The lowest BCUT2D eigenvalue weighted by Gasteiger charge is -2.17. The minimum atomic E-state index is 0.555. The average molecular weight is 249 g/mol. The van der Waals surface area contributed by atoms with Crippen molar-refractivity contribution in [2.45, 2.75) is 12.3 Å². The predicted molar refractivity (Wildman–Crippen MR) is 74.1 cm³/mol. The zero-order valence-corrected chi connectivity index (χ0v) is 11.6. The van der Waals surface area contributed by atoms with Gasteiger partial charge < -0.3 is 15.1 Å². The molecule has 1 aromatic rings. The number of likely N-dealkylation sites (N-methyl/N-ethyl adjacent to an activating group) is 3. The van der Waals surface area contributed by atoms with Crippen molar-refractivity contribution >= 4 is 5.82 Å². The molecule has 0 bridgehead atoms. The van der Waals surface area contributed by atoms with Crippen LogP contribution in [-0.2, 0) is 0 Å². The van der Waals surface area contributed by atoms with E-state index in [9.17, 15) is 0 Å². The lowest BCUT2D eigenvalue weighted by atomic mass is 10.1. The first-order chi connectivity index (χ1) is 8.70. The predicted octanol–water partition coefficient (Wildman–Crippen LogP) is 0.551. The van der Waals surface area contributed by atoms with Gasteiger partial charge in [0.15, 0.2) is 5.82 Å². The van der Waals surface area contributed by atoms with E-state index < -0.39 is 0 Å². The zero-order chi connectivity index (χ0) is 13.0. The summed E-state index contributed by atoms with van der Waals surface area (Å²) in [6.07, 6.45) is 1.19. The molecule has 0 aliphatic carbocycles. The first-order valence-electron chi connectivity index (χ1n) is 6.58. The van der Waals surface area contributed by atoms with Crippen LogP contribution < -0.4 is 10.2 Å². The van der Waals surface area contributed by atoms with Crippen molar-refractivity contribution in [1.82, 2.24) is 20.4 Å². The molecule has 0 saturated carbocycles. The number of nitrogens with one attached hydrogen (secondary N) is 1. The first-order valence-corrected chi connectivity index (χ1v) is 6.58. The lowest BCUT2D eigenvalue weighted by molar-refractivity contribution is 0.410. The van der Waals surface area contributed by atoms with Crippen LogP contribution in [0.5, 0.6) is 0 Å². The summed E-state index contributed by atoms with van der Waals surface area (Å²) >= 11 is 0. The van der Waals surface area contributed by atoms with Crippen LogP contribution in [0.25, 0.3) is 0 Å². The molecule has 18 heavy (non-hydrogen) atoms. The summed E-state index contributed by atoms with van der Waals surface area (Å²) in [5.41, 5.74) is 1.13. The van der Waals surface area contributed by atoms with Crippen molar-refractivity contribution in [1.29, 1.82) is 0 Å². The van der Waals surface area contributed by atoms with Crippen LogP contribution in [0.15, 0.2) is 12.1 Å². The quantitative estimate of drug-likeness (QED) is 0.825. The second kappa shape index (κ2) is 6.11. The Labute approximate surface area is 109 Å². The van der Waals surface area contributed by atoms with Crippen molar-refractivity contribution in [3.63, 3.8) is 0 Å². The summed E-state index contributed by atoms with van der Waals surface area (Å²) in [5, 5.41) is 11.9. The summed E-state index contributed by atoms with van der Waals surface area (Å²) < 4.78 is 0. The fourth-order valence-electron chi connectivity index (χ4n) is 2.33. The smallest absolute Gasteiger partial charge is 0.151 e. The molecule has 5 nitrogen and oxygen atoms in total. The van der Waals surface area contributed by atoms with Gasteiger partial charge in [-0.25, -0.2) is 0 Å². The molecule has 1 aliphatic rings. The molecule has 1 unspecified atom stereocenters. The first kappa shape index (κ1) is 13.2. The number of aromatic nitrogens is 2. The Hall–Kier alpha value is -1.20. The molecule has 1 aliphatic heterocycles. The highest BCUT2D eigenvalue weighted by molar-refractivity contribution is 5.36. The van der Waals surface area contributed by atoms with Gasteiger partial charge in [0.2, 0.25) is 0 Å². The molecule has 0 amide bonds. The summed E-state index contributed by atoms with van der Waals surface area (Å²) in [6.45, 7) is 4.16. The van der Waals surface area contributed by atoms with Crippen molar-refractivity contribution in [3.05, 3.63) is 17.8 Å². The van der Waals surface area contributed by atoms with Crippen LogP contribution in [0.4, 0.5) is 5.82 Å². The molecule has 0 radical (unpaired) electrons. The van der Waals surface area contributed by atoms with Crippen LogP contribution in [0, 0.1) is 0 Å². The molecule has 2 heterocycles. The second-order valence-corrected chi connectivity index (χ2v) is 5.09. The van der Waals surface area contributed by atoms with Gasteiger partial charge in [0.1, 0.15) is 0 Å². The van der Waals surface area contributed by atoms with E-state index in [1.165, 1.54) is 6.42 Å². The van der Waals surface area contributed by atoms with E-state index in [4.69, 9.17) is 0 Å². The average Bonchev–Trinajstić information content (AvgIpc) is 2.83. The van der Waals surface area contributed by atoms with E-state index in [1.54, 1.807) is 0 Å². The van der Waals surface area contributed by atoms with Gasteiger partial charge in [-0.05, 0) is 39.2 Å². The van der Waals surface area contributed by atoms with E-state index in [0.29, 0.717) is 5.92 Å². The largest absolute Gasteiger partial charge is 0.357 e. The summed E-state index contributed by atoms with van der Waals surface area (Å²) in [5.74, 6) is 1.50. The highest BCUT2D eigenvalue weighted by Gasteiger charge is 2.22. The molecular formula is C13H23N5. The number of anilines is 1. The van der Waals surface area contributed by atoms with Crippen molar-refractivity contribution in [3.8, 4) is 0 Å². The van der Waals surface area contributed by atoms with Crippen LogP contribution in [0.3, 0.4) is 0 Å². The van der Waals surface area contributed by atoms with E-state index in [0.717, 1.165) is 37.7 Å². The van der Waals surface area contributed by atoms with Gasteiger partial charge in [-0.15, -0.1) is 5.10 Å². The van der Waals surface area contributed by atoms with Crippen LogP contribution in [0.2, 0.25) is 0 Å². The van der Waals surface area contributed by atoms with Crippen molar-refractivity contribution in [2.75, 3.05) is 52.2 Å². The molecule has 1 N–H and O–H groups in total. The topological polar surface area (TPSA) is 44.3 Å². The van der Waals surface area contributed by atoms with Crippen molar-refractivity contribution < 1.29 is 0 Å². The molecule has 1 atom stereocenters. The fraction of sp³-hybridized carbons (Fsp3) is 0.692. The van der Waals surface area contributed by atoms with Gasteiger partial charge in [-0.1, -0.05) is 0 Å². The number of nitrogens with zero attached hydrogens (tertiary/aromatic N) is 4. The van der Waals surface area contributed by atoms with E-state index in [-0.39, 0.29) is 0 Å². The maximum absolute atomic E-state index is 4.39. The standard InChI is InChI=1S/C13H23N5/c1-14-7-9-18(3)13-5-4-12(15-16-13)11-6-8-17(2)10-11/h4-5,11,14H,6-10H2,1-3H3. The minimum Gasteiger partial charge on any atom is -0.357 e. The van der Waals surface area contributed by atoms with E-state index in [1.807, 2.05) is 14.1 Å². The Morgan fingerprint density at radius 3 is 2.83 bits per heavy atom. The minimum absolute atomic E-state index is 0.555. The van der Waals surface area contributed by atoms with Crippen LogP contribution in [0.1, 0.15) is 18.0 Å². The van der Waals surface area contributed by atoms with Crippen molar-refractivity contribution in [2.24, 2.45) is 0 Å². The maximum atomic E-state index is 4.39. The van der Waals surface area contributed by atoms with Gasteiger partial charge in [-0.3, -0.25) is 0 Å². The highest BCUT2D eigenvalue weighted by atomic mass is 15.3. The molecule has 5 heteroatoms. The number of hydrogen-bond acceptors (Lipinski definition) is 5. The van der Waals surface area contributed by atoms with E-state index >= 15 is 0 Å². The van der Waals surface area contributed by atoms with E-state index in [2.05, 4.69) is 44.5 Å². The molecule has 0 aromatic carbocycles. The molecule has 0 spiro atoms. The maximum Gasteiger partial charge on any atom is 0.151 e. The molecule has 1 fully saturated rings. The van der Waals surface area contributed by atoms with Gasteiger partial charge >= 0.3 is 0 Å². The fourth-order valence-corrected chi connectivity index (χ4v) is 2.33. The SMILES string of the molecule is CNCCN(C)c1ccc(C2CCN(C)C2)nn1.